The van der Waals surface area contributed by atoms with Crippen LogP contribution < -0.4 is 5.32 Å². The predicted molar refractivity (Wildman–Crippen MR) is 83.6 cm³/mol. The van der Waals surface area contributed by atoms with Gasteiger partial charge in [0.1, 0.15) is 5.75 Å². The van der Waals surface area contributed by atoms with Crippen molar-refractivity contribution in [2.45, 2.75) is 26.3 Å². The maximum atomic E-state index is 9.96. The first-order chi connectivity index (χ1) is 9.11. The lowest BCUT2D eigenvalue weighted by molar-refractivity contribution is 0.463. The van der Waals surface area contributed by atoms with Crippen molar-refractivity contribution < 1.29 is 5.11 Å². The van der Waals surface area contributed by atoms with Gasteiger partial charge in [0, 0.05) is 15.7 Å². The number of hydrogen-bond donors (Lipinski definition) is 2. The predicted octanol–water partition coefficient (Wildman–Crippen LogP) is 5.03. The van der Waals surface area contributed by atoms with E-state index in [9.17, 15) is 5.11 Å². The standard InChI is InChI=1S/C16H18BrNO/c1-3-14(12-6-4-5-7-16(12)19)18-15-10-11(2)8-9-13(15)17/h4-10,14,18-19H,3H2,1-2H3. The zero-order chi connectivity index (χ0) is 13.8. The SMILES string of the molecule is CCC(Nc1cc(C)ccc1Br)c1ccccc1O. The summed E-state index contributed by atoms with van der Waals surface area (Å²) in [7, 11) is 0. The quantitative estimate of drug-likeness (QED) is 0.828. The number of phenols is 1. The fraction of sp³-hybridized carbons (Fsp3) is 0.250. The van der Waals surface area contributed by atoms with Crippen molar-refractivity contribution in [3.05, 3.63) is 58.1 Å². The fourth-order valence-corrected chi connectivity index (χ4v) is 2.48. The summed E-state index contributed by atoms with van der Waals surface area (Å²) in [6, 6.07) is 13.8. The number of benzene rings is 2. The number of aryl methyl sites for hydroxylation is 1. The van der Waals surface area contributed by atoms with Crippen LogP contribution in [0, 0.1) is 6.92 Å². The summed E-state index contributed by atoms with van der Waals surface area (Å²) in [5.41, 5.74) is 3.19. The summed E-state index contributed by atoms with van der Waals surface area (Å²) in [6.07, 6.45) is 0.901. The van der Waals surface area contributed by atoms with E-state index in [4.69, 9.17) is 0 Å². The van der Waals surface area contributed by atoms with Crippen LogP contribution in [0.15, 0.2) is 46.9 Å². The van der Waals surface area contributed by atoms with Gasteiger partial charge in [0.25, 0.3) is 0 Å². The molecule has 2 nitrogen and oxygen atoms in total. The Labute approximate surface area is 122 Å². The maximum Gasteiger partial charge on any atom is 0.120 e. The Morgan fingerprint density at radius 2 is 1.95 bits per heavy atom. The highest BCUT2D eigenvalue weighted by molar-refractivity contribution is 9.10. The zero-order valence-corrected chi connectivity index (χ0v) is 12.7. The third-order valence-corrected chi connectivity index (χ3v) is 3.86. The Bertz CT molecular complexity index is 568. The van der Waals surface area contributed by atoms with Crippen molar-refractivity contribution in [1.82, 2.24) is 0 Å². The molecule has 0 saturated heterocycles. The molecule has 0 aliphatic rings. The third kappa shape index (κ3) is 3.29. The van der Waals surface area contributed by atoms with Crippen molar-refractivity contribution in [3.63, 3.8) is 0 Å². The van der Waals surface area contributed by atoms with E-state index >= 15 is 0 Å². The van der Waals surface area contributed by atoms with E-state index in [0.29, 0.717) is 5.75 Å². The molecule has 1 atom stereocenters. The van der Waals surface area contributed by atoms with Crippen molar-refractivity contribution in [2.24, 2.45) is 0 Å². The van der Waals surface area contributed by atoms with Crippen molar-refractivity contribution in [1.29, 1.82) is 0 Å². The van der Waals surface area contributed by atoms with Crippen molar-refractivity contribution >= 4 is 21.6 Å². The lowest BCUT2D eigenvalue weighted by atomic mass is 10.0. The zero-order valence-electron chi connectivity index (χ0n) is 11.2. The van der Waals surface area contributed by atoms with Crippen LogP contribution in [0.1, 0.15) is 30.5 Å². The second-order valence-corrected chi connectivity index (χ2v) is 5.50. The lowest BCUT2D eigenvalue weighted by Gasteiger charge is -2.21. The van der Waals surface area contributed by atoms with Gasteiger partial charge in [-0.15, -0.1) is 0 Å². The highest BCUT2D eigenvalue weighted by Gasteiger charge is 2.14. The molecule has 0 spiro atoms. The van der Waals surface area contributed by atoms with Crippen molar-refractivity contribution in [3.8, 4) is 5.75 Å². The highest BCUT2D eigenvalue weighted by Crippen LogP contribution is 2.32. The van der Waals surface area contributed by atoms with E-state index in [1.807, 2.05) is 24.3 Å². The number of para-hydroxylation sites is 1. The number of halogens is 1. The molecule has 0 aliphatic heterocycles. The minimum atomic E-state index is 0.0966. The van der Waals surface area contributed by atoms with Crippen LogP contribution in [0.5, 0.6) is 5.75 Å². The summed E-state index contributed by atoms with van der Waals surface area (Å²) in [5.74, 6) is 0.339. The molecular weight excluding hydrogens is 302 g/mol. The minimum absolute atomic E-state index is 0.0966. The number of hydrogen-bond acceptors (Lipinski definition) is 2. The molecule has 2 aromatic rings. The fourth-order valence-electron chi connectivity index (χ4n) is 2.12. The van der Waals surface area contributed by atoms with E-state index in [1.165, 1.54) is 5.56 Å². The number of nitrogens with one attached hydrogen (secondary N) is 1. The Morgan fingerprint density at radius 1 is 1.21 bits per heavy atom. The lowest BCUT2D eigenvalue weighted by Crippen LogP contribution is -2.10. The van der Waals surface area contributed by atoms with Crippen LogP contribution in [-0.2, 0) is 0 Å². The summed E-state index contributed by atoms with van der Waals surface area (Å²) in [5, 5.41) is 13.5. The summed E-state index contributed by atoms with van der Waals surface area (Å²) >= 11 is 3.55. The average Bonchev–Trinajstić information content (AvgIpc) is 2.41. The molecule has 0 aromatic heterocycles. The second-order valence-electron chi connectivity index (χ2n) is 4.65. The third-order valence-electron chi connectivity index (χ3n) is 3.17. The van der Waals surface area contributed by atoms with Gasteiger partial charge >= 0.3 is 0 Å². The molecule has 0 bridgehead atoms. The van der Waals surface area contributed by atoms with Gasteiger partial charge in [0.05, 0.1) is 6.04 Å². The molecule has 100 valence electrons. The first-order valence-electron chi connectivity index (χ1n) is 6.42. The van der Waals surface area contributed by atoms with Crippen LogP contribution in [0.4, 0.5) is 5.69 Å². The molecule has 0 aliphatic carbocycles. The minimum Gasteiger partial charge on any atom is -0.508 e. The topological polar surface area (TPSA) is 32.3 Å². The van der Waals surface area contributed by atoms with E-state index < -0.39 is 0 Å². The number of rotatable bonds is 4. The molecule has 0 saturated carbocycles. The van der Waals surface area contributed by atoms with E-state index in [2.05, 4.69) is 47.2 Å². The van der Waals surface area contributed by atoms with Crippen LogP contribution in [0.25, 0.3) is 0 Å². The molecular formula is C16H18BrNO. The van der Waals surface area contributed by atoms with Gasteiger partial charge in [-0.1, -0.05) is 31.2 Å². The maximum absolute atomic E-state index is 9.96. The molecule has 2 aromatic carbocycles. The van der Waals surface area contributed by atoms with Gasteiger partial charge in [0.2, 0.25) is 0 Å². The number of aromatic hydroxyl groups is 1. The smallest absolute Gasteiger partial charge is 0.120 e. The van der Waals surface area contributed by atoms with Crippen LogP contribution in [0.2, 0.25) is 0 Å². The number of anilines is 1. The second kappa shape index (κ2) is 6.11. The monoisotopic (exact) mass is 319 g/mol. The van der Waals surface area contributed by atoms with Gasteiger partial charge in [-0.05, 0) is 53.0 Å². The van der Waals surface area contributed by atoms with Crippen LogP contribution in [0.3, 0.4) is 0 Å². The van der Waals surface area contributed by atoms with Crippen LogP contribution >= 0.6 is 15.9 Å². The van der Waals surface area contributed by atoms with E-state index in [1.54, 1.807) is 6.07 Å². The first kappa shape index (κ1) is 13.9. The molecule has 0 radical (unpaired) electrons. The molecule has 3 heteroatoms. The van der Waals surface area contributed by atoms with Crippen molar-refractivity contribution in [2.75, 3.05) is 5.32 Å². The first-order valence-corrected chi connectivity index (χ1v) is 7.21. The molecule has 2 N–H and O–H groups in total. The molecule has 0 fully saturated rings. The summed E-state index contributed by atoms with van der Waals surface area (Å²) in [6.45, 7) is 4.17. The van der Waals surface area contributed by atoms with E-state index in [-0.39, 0.29) is 6.04 Å². The Hall–Kier alpha value is -1.48. The van der Waals surface area contributed by atoms with Gasteiger partial charge in [-0.25, -0.2) is 0 Å². The molecule has 0 heterocycles. The average molecular weight is 320 g/mol. The summed E-state index contributed by atoms with van der Waals surface area (Å²) in [4.78, 5) is 0. The largest absolute Gasteiger partial charge is 0.508 e. The van der Waals surface area contributed by atoms with Gasteiger partial charge in [-0.2, -0.15) is 0 Å². The molecule has 2 rings (SSSR count). The Morgan fingerprint density at radius 3 is 2.63 bits per heavy atom. The Balaban J connectivity index is 2.29. The van der Waals surface area contributed by atoms with Gasteiger partial charge in [0.15, 0.2) is 0 Å². The van der Waals surface area contributed by atoms with Gasteiger partial charge in [-0.3, -0.25) is 0 Å². The molecule has 19 heavy (non-hydrogen) atoms. The van der Waals surface area contributed by atoms with Gasteiger partial charge < -0.3 is 10.4 Å². The van der Waals surface area contributed by atoms with Crippen LogP contribution in [-0.4, -0.2) is 5.11 Å². The van der Waals surface area contributed by atoms with E-state index in [0.717, 1.165) is 22.1 Å². The summed E-state index contributed by atoms with van der Waals surface area (Å²) < 4.78 is 1.03. The molecule has 0 amide bonds. The Kier molecular flexibility index (Phi) is 4.48. The molecule has 1 unspecified atom stereocenters. The number of phenolic OH excluding ortho intramolecular Hbond substituents is 1. The highest BCUT2D eigenvalue weighted by atomic mass is 79.9. The normalized spacial score (nSPS) is 12.2.